The molecule has 19 heavy (non-hydrogen) atoms. The van der Waals surface area contributed by atoms with Gasteiger partial charge in [-0.3, -0.25) is 0 Å². The van der Waals surface area contributed by atoms with Gasteiger partial charge in [-0.15, -0.1) is 0 Å². The number of amides is 1. The molecule has 0 aromatic heterocycles. The number of carbonyl (C=O) groups is 1. The fraction of sp³-hybridized carbons (Fsp3) is 0.500. The number of carbonyl (C=O) groups excluding carboxylic acids is 1. The summed E-state index contributed by atoms with van der Waals surface area (Å²) in [5.74, 6) is 1.25. The van der Waals surface area contributed by atoms with E-state index in [4.69, 9.17) is 20.3 Å². The number of primary amides is 1. The first-order chi connectivity index (χ1) is 9.06. The lowest BCUT2D eigenvalue weighted by Gasteiger charge is -2.15. The van der Waals surface area contributed by atoms with Crippen LogP contribution in [0.25, 0.3) is 0 Å². The van der Waals surface area contributed by atoms with Gasteiger partial charge in [-0.1, -0.05) is 32.4 Å². The molecular formula is C14H21NO4. The molecule has 106 valence electrons. The minimum atomic E-state index is -0.906. The highest BCUT2D eigenvalue weighted by Crippen LogP contribution is 2.21. The highest BCUT2D eigenvalue weighted by molar-refractivity contribution is 5.65. The number of hydrogen-bond donors (Lipinski definition) is 2. The Labute approximate surface area is 113 Å². The van der Waals surface area contributed by atoms with Crippen molar-refractivity contribution in [3.63, 3.8) is 0 Å². The maximum Gasteiger partial charge on any atom is 0.405 e. The smallest absolute Gasteiger partial charge is 0.405 e. The van der Waals surface area contributed by atoms with Crippen molar-refractivity contribution >= 4 is 6.09 Å². The van der Waals surface area contributed by atoms with Gasteiger partial charge in [-0.25, -0.2) is 4.79 Å². The molecule has 0 unspecified atom stereocenters. The third kappa shape index (κ3) is 5.18. The van der Waals surface area contributed by atoms with Gasteiger partial charge in [0.2, 0.25) is 0 Å². The third-order valence-corrected chi connectivity index (χ3v) is 2.91. The van der Waals surface area contributed by atoms with E-state index >= 15 is 0 Å². The quantitative estimate of drug-likeness (QED) is 0.793. The summed E-state index contributed by atoms with van der Waals surface area (Å²) in [5, 5.41) is 9.14. The third-order valence-electron chi connectivity index (χ3n) is 2.91. The van der Waals surface area contributed by atoms with Crippen LogP contribution < -0.4 is 10.5 Å². The Morgan fingerprint density at radius 1 is 1.37 bits per heavy atom. The first-order valence-corrected chi connectivity index (χ1v) is 6.36. The number of hydrogen-bond acceptors (Lipinski definition) is 4. The summed E-state index contributed by atoms with van der Waals surface area (Å²) in [6, 6.07) is 7.06. The van der Waals surface area contributed by atoms with E-state index in [1.165, 1.54) is 0 Å². The van der Waals surface area contributed by atoms with E-state index < -0.39 is 12.2 Å². The lowest BCUT2D eigenvalue weighted by atomic mass is 10.1. The van der Waals surface area contributed by atoms with Gasteiger partial charge in [0.05, 0.1) is 13.2 Å². The zero-order valence-corrected chi connectivity index (χ0v) is 11.3. The van der Waals surface area contributed by atoms with Gasteiger partial charge in [-0.05, 0) is 23.6 Å². The van der Waals surface area contributed by atoms with Gasteiger partial charge in [0, 0.05) is 0 Å². The van der Waals surface area contributed by atoms with E-state index in [2.05, 4.69) is 13.8 Å². The molecular weight excluding hydrogens is 246 g/mol. The van der Waals surface area contributed by atoms with Gasteiger partial charge < -0.3 is 20.3 Å². The SMILES string of the molecule is CC[C@H](C)COc1ccc([C@H](CO)OC(N)=O)cc1. The van der Waals surface area contributed by atoms with Crippen LogP contribution in [0.5, 0.6) is 5.75 Å². The highest BCUT2D eigenvalue weighted by atomic mass is 16.6. The molecule has 3 N–H and O–H groups in total. The van der Waals surface area contributed by atoms with Crippen LogP contribution in [0, 0.1) is 5.92 Å². The Bertz CT molecular complexity index is 391. The molecule has 0 heterocycles. The molecule has 0 aliphatic heterocycles. The first kappa shape index (κ1) is 15.3. The average Bonchev–Trinajstić information content (AvgIpc) is 2.42. The maximum atomic E-state index is 10.7. The minimum absolute atomic E-state index is 0.310. The van der Waals surface area contributed by atoms with Crippen LogP contribution in [0.4, 0.5) is 4.79 Å². The molecule has 0 aliphatic rings. The summed E-state index contributed by atoms with van der Waals surface area (Å²) in [6.45, 7) is 4.59. The van der Waals surface area contributed by atoms with Crippen molar-refractivity contribution in [2.75, 3.05) is 13.2 Å². The zero-order valence-electron chi connectivity index (χ0n) is 11.3. The van der Waals surface area contributed by atoms with Gasteiger partial charge in [0.25, 0.3) is 0 Å². The molecule has 0 radical (unpaired) electrons. The molecule has 0 bridgehead atoms. The van der Waals surface area contributed by atoms with Crippen molar-refractivity contribution in [2.24, 2.45) is 11.7 Å². The maximum absolute atomic E-state index is 10.7. The van der Waals surface area contributed by atoms with E-state index in [9.17, 15) is 4.79 Å². The van der Waals surface area contributed by atoms with E-state index in [1.807, 2.05) is 0 Å². The summed E-state index contributed by atoms with van der Waals surface area (Å²) in [4.78, 5) is 10.7. The second kappa shape index (κ2) is 7.63. The largest absolute Gasteiger partial charge is 0.493 e. The Balaban J connectivity index is 2.61. The monoisotopic (exact) mass is 267 g/mol. The lowest BCUT2D eigenvalue weighted by molar-refractivity contribution is 0.0632. The van der Waals surface area contributed by atoms with E-state index in [0.717, 1.165) is 12.2 Å². The molecule has 1 amide bonds. The van der Waals surface area contributed by atoms with E-state index in [-0.39, 0.29) is 6.61 Å². The van der Waals surface area contributed by atoms with E-state index in [0.29, 0.717) is 18.1 Å². The standard InChI is InChI=1S/C14H21NO4/c1-3-10(2)9-18-12-6-4-11(5-7-12)13(8-16)19-14(15)17/h4-7,10,13,16H,3,8-9H2,1-2H3,(H2,15,17)/t10-,13-/m0/s1. The number of aliphatic hydroxyl groups excluding tert-OH is 1. The van der Waals surface area contributed by atoms with Crippen molar-refractivity contribution in [2.45, 2.75) is 26.4 Å². The predicted octanol–water partition coefficient (Wildman–Crippen LogP) is 2.24. The Morgan fingerprint density at radius 3 is 2.47 bits per heavy atom. The predicted molar refractivity (Wildman–Crippen MR) is 71.9 cm³/mol. The topological polar surface area (TPSA) is 81.8 Å². The van der Waals surface area contributed by atoms with Crippen LogP contribution in [0.1, 0.15) is 31.9 Å². The number of rotatable bonds is 7. The van der Waals surface area contributed by atoms with Crippen LogP contribution in [0.15, 0.2) is 24.3 Å². The minimum Gasteiger partial charge on any atom is -0.493 e. The van der Waals surface area contributed by atoms with Crippen molar-refractivity contribution in [3.05, 3.63) is 29.8 Å². The van der Waals surface area contributed by atoms with Crippen LogP contribution in [0.2, 0.25) is 0 Å². The van der Waals surface area contributed by atoms with Crippen LogP contribution in [-0.2, 0) is 4.74 Å². The molecule has 0 spiro atoms. The highest BCUT2D eigenvalue weighted by Gasteiger charge is 2.14. The summed E-state index contributed by atoms with van der Waals surface area (Å²) in [5.41, 5.74) is 5.61. The molecule has 0 saturated heterocycles. The normalized spacial score (nSPS) is 13.6. The van der Waals surface area contributed by atoms with Crippen molar-refractivity contribution in [1.82, 2.24) is 0 Å². The fourth-order valence-corrected chi connectivity index (χ4v) is 1.49. The summed E-state index contributed by atoms with van der Waals surface area (Å²) < 4.78 is 10.4. The molecule has 5 nitrogen and oxygen atoms in total. The molecule has 1 aromatic rings. The van der Waals surface area contributed by atoms with Crippen molar-refractivity contribution < 1.29 is 19.4 Å². The molecule has 1 rings (SSSR count). The average molecular weight is 267 g/mol. The molecule has 2 atom stereocenters. The first-order valence-electron chi connectivity index (χ1n) is 6.36. The lowest BCUT2D eigenvalue weighted by Crippen LogP contribution is -2.19. The molecule has 1 aromatic carbocycles. The fourth-order valence-electron chi connectivity index (χ4n) is 1.49. The van der Waals surface area contributed by atoms with Gasteiger partial charge >= 0.3 is 6.09 Å². The second-order valence-electron chi connectivity index (χ2n) is 4.50. The van der Waals surface area contributed by atoms with Gasteiger partial charge in [0.1, 0.15) is 5.75 Å². The summed E-state index contributed by atoms with van der Waals surface area (Å²) >= 11 is 0. The Hall–Kier alpha value is -1.75. The Kier molecular flexibility index (Phi) is 6.15. The summed E-state index contributed by atoms with van der Waals surface area (Å²) in [7, 11) is 0. The van der Waals surface area contributed by atoms with Crippen LogP contribution >= 0.6 is 0 Å². The van der Waals surface area contributed by atoms with E-state index in [1.54, 1.807) is 24.3 Å². The number of nitrogens with two attached hydrogens (primary N) is 1. The van der Waals surface area contributed by atoms with Crippen molar-refractivity contribution in [1.29, 1.82) is 0 Å². The van der Waals surface area contributed by atoms with Crippen LogP contribution in [-0.4, -0.2) is 24.4 Å². The number of benzene rings is 1. The molecule has 5 heteroatoms. The van der Waals surface area contributed by atoms with Crippen LogP contribution in [0.3, 0.4) is 0 Å². The van der Waals surface area contributed by atoms with Crippen molar-refractivity contribution in [3.8, 4) is 5.75 Å². The van der Waals surface area contributed by atoms with Gasteiger partial charge in [0.15, 0.2) is 6.10 Å². The second-order valence-corrected chi connectivity index (χ2v) is 4.50. The number of aliphatic hydroxyl groups is 1. The Morgan fingerprint density at radius 2 is 2.00 bits per heavy atom. The molecule has 0 fully saturated rings. The number of ether oxygens (including phenoxy) is 2. The zero-order chi connectivity index (χ0) is 14.3. The molecule has 0 aliphatic carbocycles. The van der Waals surface area contributed by atoms with Gasteiger partial charge in [-0.2, -0.15) is 0 Å². The molecule has 0 saturated carbocycles. The summed E-state index contributed by atoms with van der Waals surface area (Å²) in [6.07, 6.45) is -0.575.